The number of hydrogen-bond donors (Lipinski definition) is 1. The Bertz CT molecular complexity index is 667. The summed E-state index contributed by atoms with van der Waals surface area (Å²) in [5.74, 6) is -0.109. The van der Waals surface area contributed by atoms with Crippen molar-refractivity contribution in [3.05, 3.63) is 29.6 Å². The van der Waals surface area contributed by atoms with Crippen LogP contribution in [0.4, 0.5) is 0 Å². The summed E-state index contributed by atoms with van der Waals surface area (Å²) in [4.78, 5) is 11.0. The van der Waals surface area contributed by atoms with Crippen molar-refractivity contribution < 1.29 is 14.6 Å². The quantitative estimate of drug-likeness (QED) is 0.900. The van der Waals surface area contributed by atoms with Crippen LogP contribution < -0.4 is 4.74 Å². The molecular formula is C13H14N4O3. The first-order chi connectivity index (χ1) is 9.61. The first kappa shape index (κ1) is 12.6. The van der Waals surface area contributed by atoms with E-state index in [2.05, 4.69) is 15.5 Å². The predicted molar refractivity (Wildman–Crippen MR) is 68.9 cm³/mol. The summed E-state index contributed by atoms with van der Waals surface area (Å²) in [5.41, 5.74) is 1.77. The van der Waals surface area contributed by atoms with Crippen molar-refractivity contribution in [2.45, 2.75) is 19.3 Å². The molecule has 2 atom stereocenters. The van der Waals surface area contributed by atoms with Crippen LogP contribution in [0.25, 0.3) is 5.69 Å². The molecule has 2 aromatic rings. The predicted octanol–water partition coefficient (Wildman–Crippen LogP) is 1.17. The summed E-state index contributed by atoms with van der Waals surface area (Å²) >= 11 is 0. The summed E-state index contributed by atoms with van der Waals surface area (Å²) in [7, 11) is 1.58. The van der Waals surface area contributed by atoms with Gasteiger partial charge in [-0.1, -0.05) is 6.07 Å². The van der Waals surface area contributed by atoms with Gasteiger partial charge < -0.3 is 9.84 Å². The van der Waals surface area contributed by atoms with Gasteiger partial charge in [0.1, 0.15) is 11.4 Å². The molecule has 20 heavy (non-hydrogen) atoms. The molecule has 0 spiro atoms. The zero-order valence-electron chi connectivity index (χ0n) is 11.1. The average Bonchev–Trinajstić information content (AvgIpc) is 3.09. The van der Waals surface area contributed by atoms with Crippen molar-refractivity contribution in [1.29, 1.82) is 0 Å². The minimum atomic E-state index is -0.805. The van der Waals surface area contributed by atoms with Crippen molar-refractivity contribution in [3.8, 4) is 11.4 Å². The Balaban J connectivity index is 2.02. The molecular weight excluding hydrogens is 260 g/mol. The third-order valence-electron chi connectivity index (χ3n) is 3.50. The molecule has 0 aliphatic heterocycles. The fraction of sp³-hybridized carbons (Fsp3) is 0.385. The normalized spacial score (nSPS) is 20.7. The van der Waals surface area contributed by atoms with Crippen LogP contribution in [0.2, 0.25) is 0 Å². The van der Waals surface area contributed by atoms with Gasteiger partial charge in [0.25, 0.3) is 0 Å². The fourth-order valence-corrected chi connectivity index (χ4v) is 2.32. The second kappa shape index (κ2) is 4.59. The highest BCUT2D eigenvalue weighted by molar-refractivity contribution is 5.74. The smallest absolute Gasteiger partial charge is 0.307 e. The second-order valence-corrected chi connectivity index (χ2v) is 4.91. The minimum Gasteiger partial charge on any atom is -0.494 e. The van der Waals surface area contributed by atoms with Crippen LogP contribution in [0.1, 0.15) is 23.7 Å². The van der Waals surface area contributed by atoms with Gasteiger partial charge in [-0.2, -0.15) is 4.68 Å². The molecule has 1 aliphatic carbocycles. The Kier molecular flexibility index (Phi) is 2.89. The Morgan fingerprint density at radius 2 is 2.30 bits per heavy atom. The van der Waals surface area contributed by atoms with Crippen molar-refractivity contribution in [1.82, 2.24) is 20.2 Å². The summed E-state index contributed by atoms with van der Waals surface area (Å²) in [6.45, 7) is 1.96. The Morgan fingerprint density at radius 1 is 1.50 bits per heavy atom. The van der Waals surface area contributed by atoms with Crippen LogP contribution in [-0.2, 0) is 4.79 Å². The fourth-order valence-electron chi connectivity index (χ4n) is 2.32. The largest absolute Gasteiger partial charge is 0.494 e. The standard InChI is InChI=1S/C13H14N4O3/c1-7-3-4-11(20-2)10(5-7)17-12(14-15-16-17)8-6-9(8)13(18)19/h3-5,8-9H,6H2,1-2H3,(H,18,19). The number of hydrogen-bond acceptors (Lipinski definition) is 5. The number of aryl methyl sites for hydroxylation is 1. The molecule has 1 N–H and O–H groups in total. The molecule has 1 aliphatic rings. The number of aromatic nitrogens is 4. The maximum atomic E-state index is 11.0. The van der Waals surface area contributed by atoms with E-state index in [0.29, 0.717) is 18.0 Å². The lowest BCUT2D eigenvalue weighted by Gasteiger charge is -2.10. The van der Waals surface area contributed by atoms with Crippen LogP contribution in [0.15, 0.2) is 18.2 Å². The highest BCUT2D eigenvalue weighted by atomic mass is 16.5. The lowest BCUT2D eigenvalue weighted by molar-refractivity contribution is -0.138. The average molecular weight is 274 g/mol. The van der Waals surface area contributed by atoms with Crippen molar-refractivity contribution in [2.75, 3.05) is 7.11 Å². The summed E-state index contributed by atoms with van der Waals surface area (Å²) in [5, 5.41) is 20.6. The van der Waals surface area contributed by atoms with Gasteiger partial charge >= 0.3 is 5.97 Å². The number of benzene rings is 1. The molecule has 1 saturated carbocycles. The first-order valence-corrected chi connectivity index (χ1v) is 6.28. The maximum absolute atomic E-state index is 11.0. The number of methoxy groups -OCH3 is 1. The van der Waals surface area contributed by atoms with E-state index in [1.54, 1.807) is 11.8 Å². The molecule has 1 aromatic carbocycles. The maximum Gasteiger partial charge on any atom is 0.307 e. The lowest BCUT2D eigenvalue weighted by Crippen LogP contribution is -2.07. The van der Waals surface area contributed by atoms with E-state index >= 15 is 0 Å². The summed E-state index contributed by atoms with van der Waals surface area (Å²) in [6, 6.07) is 5.69. The van der Waals surface area contributed by atoms with Gasteiger partial charge in [0.15, 0.2) is 5.82 Å². The molecule has 1 fully saturated rings. The monoisotopic (exact) mass is 274 g/mol. The third-order valence-corrected chi connectivity index (χ3v) is 3.50. The number of carboxylic acids is 1. The number of ether oxygens (including phenoxy) is 1. The van der Waals surface area contributed by atoms with Gasteiger partial charge in [-0.3, -0.25) is 4.79 Å². The van der Waals surface area contributed by atoms with E-state index in [4.69, 9.17) is 9.84 Å². The molecule has 0 amide bonds. The van der Waals surface area contributed by atoms with E-state index in [0.717, 1.165) is 11.3 Å². The molecule has 0 bridgehead atoms. The number of carboxylic acid groups (broad SMARTS) is 1. The molecule has 104 valence electrons. The number of carbonyl (C=O) groups is 1. The molecule has 0 saturated heterocycles. The number of tetrazole rings is 1. The lowest BCUT2D eigenvalue weighted by atomic mass is 10.2. The zero-order chi connectivity index (χ0) is 14.3. The SMILES string of the molecule is COc1ccc(C)cc1-n1nnnc1C1CC1C(=O)O. The van der Waals surface area contributed by atoms with Crippen molar-refractivity contribution in [2.24, 2.45) is 5.92 Å². The van der Waals surface area contributed by atoms with Crippen LogP contribution in [0.5, 0.6) is 5.75 Å². The highest BCUT2D eigenvalue weighted by Gasteiger charge is 2.47. The van der Waals surface area contributed by atoms with Crippen LogP contribution in [0.3, 0.4) is 0 Å². The van der Waals surface area contributed by atoms with Crippen LogP contribution in [0, 0.1) is 12.8 Å². The van der Waals surface area contributed by atoms with E-state index in [-0.39, 0.29) is 5.92 Å². The Labute approximate surface area is 115 Å². The van der Waals surface area contributed by atoms with Gasteiger partial charge in [0.2, 0.25) is 0 Å². The third kappa shape index (κ3) is 2.01. The van der Waals surface area contributed by atoms with E-state index in [9.17, 15) is 4.79 Å². The summed E-state index contributed by atoms with van der Waals surface area (Å²) in [6.07, 6.45) is 0.573. The molecule has 7 heteroatoms. The molecule has 7 nitrogen and oxygen atoms in total. The minimum absolute atomic E-state index is 0.132. The zero-order valence-corrected chi connectivity index (χ0v) is 11.1. The molecule has 0 radical (unpaired) electrons. The van der Waals surface area contributed by atoms with Gasteiger partial charge in [0, 0.05) is 5.92 Å². The van der Waals surface area contributed by atoms with Crippen molar-refractivity contribution >= 4 is 5.97 Å². The summed E-state index contributed by atoms with van der Waals surface area (Å²) < 4.78 is 6.89. The number of rotatable bonds is 4. The van der Waals surface area contributed by atoms with Gasteiger partial charge in [0.05, 0.1) is 13.0 Å². The second-order valence-electron chi connectivity index (χ2n) is 4.91. The number of nitrogens with zero attached hydrogens (tertiary/aromatic N) is 4. The Hall–Kier alpha value is -2.44. The highest BCUT2D eigenvalue weighted by Crippen LogP contribution is 2.47. The van der Waals surface area contributed by atoms with E-state index < -0.39 is 11.9 Å². The van der Waals surface area contributed by atoms with Crippen LogP contribution in [-0.4, -0.2) is 38.4 Å². The van der Waals surface area contributed by atoms with Gasteiger partial charge in [-0.15, -0.1) is 5.10 Å². The molecule has 3 rings (SSSR count). The van der Waals surface area contributed by atoms with E-state index in [1.807, 2.05) is 25.1 Å². The molecule has 1 heterocycles. The Morgan fingerprint density at radius 3 is 2.95 bits per heavy atom. The topological polar surface area (TPSA) is 90.1 Å². The van der Waals surface area contributed by atoms with Gasteiger partial charge in [-0.05, 0) is 41.5 Å². The first-order valence-electron chi connectivity index (χ1n) is 6.28. The number of aliphatic carboxylic acids is 1. The molecule has 2 unspecified atom stereocenters. The molecule has 1 aromatic heterocycles. The van der Waals surface area contributed by atoms with Gasteiger partial charge in [-0.25, -0.2) is 0 Å². The van der Waals surface area contributed by atoms with Crippen LogP contribution >= 0.6 is 0 Å². The van der Waals surface area contributed by atoms with E-state index in [1.165, 1.54) is 0 Å². The van der Waals surface area contributed by atoms with Crippen molar-refractivity contribution in [3.63, 3.8) is 0 Å².